The Morgan fingerprint density at radius 2 is 0.767 bits per heavy atom. The highest BCUT2D eigenvalue weighted by atomic mass is 15.3. The van der Waals surface area contributed by atoms with Crippen molar-refractivity contribution in [2.45, 2.75) is 0 Å². The second kappa shape index (κ2) is 8.57. The lowest BCUT2D eigenvalue weighted by molar-refractivity contribution is 1.02. The van der Waals surface area contributed by atoms with Gasteiger partial charge < -0.3 is 14.7 Å². The minimum atomic E-state index is 0.792. The molecule has 0 saturated carbocycles. The van der Waals surface area contributed by atoms with Gasteiger partial charge in [0, 0.05) is 33.5 Å². The van der Waals surface area contributed by atoms with E-state index in [1.165, 1.54) is 0 Å². The third-order valence-corrected chi connectivity index (χ3v) is 4.80. The maximum Gasteiger partial charge on any atom is 0.136 e. The highest BCUT2D eigenvalue weighted by Crippen LogP contribution is 2.27. The molecule has 0 saturated heterocycles. The molecule has 7 nitrogen and oxygen atoms in total. The number of hydrogen-bond acceptors (Lipinski definition) is 7. The van der Waals surface area contributed by atoms with Crippen molar-refractivity contribution in [1.29, 1.82) is 0 Å². The molecular formula is C23H23N7. The lowest BCUT2D eigenvalue weighted by atomic mass is 10.3. The molecule has 4 aromatic rings. The van der Waals surface area contributed by atoms with E-state index in [2.05, 4.69) is 9.97 Å². The zero-order valence-electron chi connectivity index (χ0n) is 17.2. The minimum absolute atomic E-state index is 0.792. The SMILES string of the molecule is CN(c1ccccn1)c1cccc(N(C)c2cccc(N(C)c3ccccn3)n2)n1. The summed E-state index contributed by atoms with van der Waals surface area (Å²) in [5.41, 5.74) is 0. The van der Waals surface area contributed by atoms with Crippen LogP contribution in [0.2, 0.25) is 0 Å². The lowest BCUT2D eigenvalue weighted by Crippen LogP contribution is -2.18. The van der Waals surface area contributed by atoms with Gasteiger partial charge in [-0.2, -0.15) is 0 Å². The lowest BCUT2D eigenvalue weighted by Gasteiger charge is -2.23. The molecule has 0 amide bonds. The molecule has 4 aromatic heterocycles. The topological polar surface area (TPSA) is 61.3 Å². The van der Waals surface area contributed by atoms with Crippen molar-refractivity contribution in [3.8, 4) is 0 Å². The summed E-state index contributed by atoms with van der Waals surface area (Å²) in [5, 5.41) is 0. The number of hydrogen-bond donors (Lipinski definition) is 0. The van der Waals surface area contributed by atoms with E-state index in [1.54, 1.807) is 12.4 Å². The maximum absolute atomic E-state index is 4.80. The normalized spacial score (nSPS) is 10.5. The Balaban J connectivity index is 1.60. The van der Waals surface area contributed by atoms with Crippen LogP contribution in [0.3, 0.4) is 0 Å². The molecule has 4 rings (SSSR count). The first-order chi connectivity index (χ1) is 14.6. The molecule has 0 unspecified atom stereocenters. The molecule has 0 atom stereocenters. The monoisotopic (exact) mass is 397 g/mol. The van der Waals surface area contributed by atoms with Crippen LogP contribution in [0.4, 0.5) is 34.9 Å². The van der Waals surface area contributed by atoms with Crippen LogP contribution in [-0.4, -0.2) is 41.1 Å². The minimum Gasteiger partial charge on any atom is -0.314 e. The fourth-order valence-corrected chi connectivity index (χ4v) is 3.03. The number of aromatic nitrogens is 4. The molecule has 30 heavy (non-hydrogen) atoms. The van der Waals surface area contributed by atoms with Crippen LogP contribution in [0, 0.1) is 0 Å². The first-order valence-electron chi connectivity index (χ1n) is 9.61. The fraction of sp³-hybridized carbons (Fsp3) is 0.130. The predicted octanol–water partition coefficient (Wildman–Crippen LogP) is 4.57. The number of nitrogens with zero attached hydrogens (tertiary/aromatic N) is 7. The van der Waals surface area contributed by atoms with E-state index in [4.69, 9.17) is 9.97 Å². The van der Waals surface area contributed by atoms with Gasteiger partial charge in [0.05, 0.1) is 0 Å². The second-order valence-electron chi connectivity index (χ2n) is 6.76. The van der Waals surface area contributed by atoms with Crippen molar-refractivity contribution in [3.05, 3.63) is 85.2 Å². The van der Waals surface area contributed by atoms with E-state index >= 15 is 0 Å². The molecule has 150 valence electrons. The number of rotatable bonds is 6. The Bertz CT molecular complexity index is 1010. The summed E-state index contributed by atoms with van der Waals surface area (Å²) in [6, 6.07) is 23.5. The largest absolute Gasteiger partial charge is 0.314 e. The Kier molecular flexibility index (Phi) is 5.52. The van der Waals surface area contributed by atoms with Crippen LogP contribution in [0.15, 0.2) is 85.2 Å². The van der Waals surface area contributed by atoms with E-state index < -0.39 is 0 Å². The molecule has 0 fully saturated rings. The Morgan fingerprint density at radius 3 is 1.10 bits per heavy atom. The summed E-state index contributed by atoms with van der Waals surface area (Å²) in [6.45, 7) is 0. The zero-order valence-corrected chi connectivity index (χ0v) is 17.2. The Morgan fingerprint density at radius 1 is 0.433 bits per heavy atom. The molecule has 0 aliphatic heterocycles. The third-order valence-electron chi connectivity index (χ3n) is 4.80. The van der Waals surface area contributed by atoms with Crippen molar-refractivity contribution < 1.29 is 0 Å². The standard InChI is InChI=1S/C23H23N7/c1-28(18-10-4-6-16-24-18)20-12-8-14-22(26-20)30(3)23-15-9-13-21(27-23)29(2)19-11-5-7-17-25-19/h4-17H,1-3H3. The average molecular weight is 397 g/mol. The highest BCUT2D eigenvalue weighted by Gasteiger charge is 2.13. The van der Waals surface area contributed by atoms with E-state index in [0.29, 0.717) is 0 Å². The summed E-state index contributed by atoms with van der Waals surface area (Å²) in [6.07, 6.45) is 3.55. The molecule has 0 aliphatic rings. The van der Waals surface area contributed by atoms with Crippen molar-refractivity contribution >= 4 is 34.9 Å². The fourth-order valence-electron chi connectivity index (χ4n) is 3.03. The van der Waals surface area contributed by atoms with Crippen LogP contribution in [0.5, 0.6) is 0 Å². The summed E-state index contributed by atoms with van der Waals surface area (Å²) in [4.78, 5) is 24.3. The number of pyridine rings is 4. The van der Waals surface area contributed by atoms with Gasteiger partial charge in [0.15, 0.2) is 0 Å². The maximum atomic E-state index is 4.80. The Hall–Kier alpha value is -4.00. The first-order valence-corrected chi connectivity index (χ1v) is 9.61. The molecular weight excluding hydrogens is 374 g/mol. The van der Waals surface area contributed by atoms with E-state index in [9.17, 15) is 0 Å². The van der Waals surface area contributed by atoms with Crippen molar-refractivity contribution in [2.24, 2.45) is 0 Å². The van der Waals surface area contributed by atoms with Crippen LogP contribution in [0.1, 0.15) is 0 Å². The van der Waals surface area contributed by atoms with Gasteiger partial charge in [-0.3, -0.25) is 0 Å². The second-order valence-corrected chi connectivity index (χ2v) is 6.76. The van der Waals surface area contributed by atoms with Gasteiger partial charge >= 0.3 is 0 Å². The summed E-state index contributed by atoms with van der Waals surface area (Å²) in [5.74, 6) is 4.87. The number of anilines is 6. The van der Waals surface area contributed by atoms with Crippen molar-refractivity contribution in [3.63, 3.8) is 0 Å². The van der Waals surface area contributed by atoms with Crippen LogP contribution >= 0.6 is 0 Å². The molecule has 0 N–H and O–H groups in total. The van der Waals surface area contributed by atoms with Crippen LogP contribution in [-0.2, 0) is 0 Å². The quantitative estimate of drug-likeness (QED) is 0.472. The molecule has 7 heteroatoms. The van der Waals surface area contributed by atoms with Gasteiger partial charge in [-0.15, -0.1) is 0 Å². The smallest absolute Gasteiger partial charge is 0.136 e. The molecule has 4 heterocycles. The predicted molar refractivity (Wildman–Crippen MR) is 121 cm³/mol. The molecule has 0 aromatic carbocycles. The Labute approximate surface area is 176 Å². The average Bonchev–Trinajstić information content (AvgIpc) is 2.84. The van der Waals surface area contributed by atoms with Gasteiger partial charge in [0.2, 0.25) is 0 Å². The van der Waals surface area contributed by atoms with E-state index in [1.807, 2.05) is 109 Å². The van der Waals surface area contributed by atoms with Crippen molar-refractivity contribution in [2.75, 3.05) is 35.8 Å². The molecule has 0 spiro atoms. The van der Waals surface area contributed by atoms with Crippen LogP contribution in [0.25, 0.3) is 0 Å². The van der Waals surface area contributed by atoms with Gasteiger partial charge in [-0.1, -0.05) is 24.3 Å². The molecule has 0 bridgehead atoms. The molecule has 0 aliphatic carbocycles. The van der Waals surface area contributed by atoms with Crippen molar-refractivity contribution in [1.82, 2.24) is 19.9 Å². The van der Waals surface area contributed by atoms with Gasteiger partial charge in [-0.05, 0) is 48.5 Å². The summed E-state index contributed by atoms with van der Waals surface area (Å²) in [7, 11) is 5.87. The van der Waals surface area contributed by atoms with Crippen LogP contribution < -0.4 is 14.7 Å². The summed E-state index contributed by atoms with van der Waals surface area (Å²) >= 11 is 0. The zero-order chi connectivity index (χ0) is 20.9. The highest BCUT2D eigenvalue weighted by molar-refractivity contribution is 5.64. The van der Waals surface area contributed by atoms with Gasteiger partial charge in [0.1, 0.15) is 34.9 Å². The van der Waals surface area contributed by atoms with E-state index in [0.717, 1.165) is 34.9 Å². The molecule has 0 radical (unpaired) electrons. The van der Waals surface area contributed by atoms with Gasteiger partial charge in [-0.25, -0.2) is 19.9 Å². The first kappa shape index (κ1) is 19.3. The van der Waals surface area contributed by atoms with E-state index in [-0.39, 0.29) is 0 Å². The third kappa shape index (κ3) is 4.05. The summed E-state index contributed by atoms with van der Waals surface area (Å²) < 4.78 is 0. The van der Waals surface area contributed by atoms with Gasteiger partial charge in [0.25, 0.3) is 0 Å².